The highest BCUT2D eigenvalue weighted by atomic mass is 35.5. The highest BCUT2D eigenvalue weighted by molar-refractivity contribution is 6.31. The predicted molar refractivity (Wildman–Crippen MR) is 78.0 cm³/mol. The molecule has 0 aromatic heterocycles. The van der Waals surface area contributed by atoms with Crippen molar-refractivity contribution in [3.8, 4) is 0 Å². The minimum Gasteiger partial charge on any atom is -0.389 e. The van der Waals surface area contributed by atoms with Gasteiger partial charge in [-0.2, -0.15) is 0 Å². The smallest absolute Gasteiger partial charge is 0.146 e. The molecule has 5 heteroatoms. The Morgan fingerprint density at radius 2 is 1.90 bits per heavy atom. The summed E-state index contributed by atoms with van der Waals surface area (Å²) in [6.07, 6.45) is 0.478. The van der Waals surface area contributed by atoms with E-state index >= 15 is 0 Å². The first-order chi connectivity index (χ1) is 9.66. The fourth-order valence-electron chi connectivity index (χ4n) is 1.69. The molecule has 0 bridgehead atoms. The Labute approximate surface area is 121 Å². The van der Waals surface area contributed by atoms with Crippen molar-refractivity contribution >= 4 is 17.4 Å². The van der Waals surface area contributed by atoms with Crippen LogP contribution in [0, 0.1) is 5.82 Å². The van der Waals surface area contributed by atoms with E-state index in [9.17, 15) is 4.39 Å². The number of hydrogen-bond donors (Lipinski definition) is 1. The van der Waals surface area contributed by atoms with Gasteiger partial charge in [-0.1, -0.05) is 53.2 Å². The molecular formula is C15H14ClFN2O. The van der Waals surface area contributed by atoms with Crippen molar-refractivity contribution in [2.75, 3.05) is 0 Å². The number of oxime groups is 1. The number of rotatable bonds is 5. The van der Waals surface area contributed by atoms with Crippen LogP contribution in [-0.4, -0.2) is 5.84 Å². The fourth-order valence-corrected chi connectivity index (χ4v) is 1.90. The van der Waals surface area contributed by atoms with Crippen LogP contribution in [0.5, 0.6) is 0 Å². The van der Waals surface area contributed by atoms with Crippen molar-refractivity contribution in [1.29, 1.82) is 0 Å². The Bertz CT molecular complexity index is 582. The molecule has 2 aromatic rings. The van der Waals surface area contributed by atoms with Crippen LogP contribution in [-0.2, 0) is 17.9 Å². The molecule has 0 aliphatic rings. The summed E-state index contributed by atoms with van der Waals surface area (Å²) < 4.78 is 13.5. The molecule has 0 saturated heterocycles. The predicted octanol–water partition coefficient (Wildman–Crippen LogP) is 3.51. The molecule has 0 spiro atoms. The second kappa shape index (κ2) is 6.91. The fraction of sp³-hybridized carbons (Fsp3) is 0.133. The van der Waals surface area contributed by atoms with Gasteiger partial charge in [-0.25, -0.2) is 4.39 Å². The summed E-state index contributed by atoms with van der Waals surface area (Å²) in [5.41, 5.74) is 7.04. The van der Waals surface area contributed by atoms with Crippen molar-refractivity contribution in [3.05, 3.63) is 70.5 Å². The summed E-state index contributed by atoms with van der Waals surface area (Å²) >= 11 is 5.87. The van der Waals surface area contributed by atoms with Gasteiger partial charge in [-0.3, -0.25) is 0 Å². The Balaban J connectivity index is 1.93. The molecule has 2 aromatic carbocycles. The summed E-state index contributed by atoms with van der Waals surface area (Å²) in [5, 5.41) is 4.07. The van der Waals surface area contributed by atoms with E-state index in [1.165, 1.54) is 12.1 Å². The minimum absolute atomic E-state index is 0.0546. The molecule has 0 fully saturated rings. The van der Waals surface area contributed by atoms with E-state index in [0.717, 1.165) is 5.56 Å². The van der Waals surface area contributed by atoms with Gasteiger partial charge in [-0.15, -0.1) is 0 Å². The van der Waals surface area contributed by atoms with Gasteiger partial charge in [0.2, 0.25) is 0 Å². The Morgan fingerprint density at radius 3 is 2.60 bits per heavy atom. The van der Waals surface area contributed by atoms with Crippen LogP contribution in [0.3, 0.4) is 0 Å². The Kier molecular flexibility index (Phi) is 4.96. The van der Waals surface area contributed by atoms with E-state index in [2.05, 4.69) is 5.16 Å². The molecular weight excluding hydrogens is 279 g/mol. The van der Waals surface area contributed by atoms with Crippen molar-refractivity contribution in [3.63, 3.8) is 0 Å². The van der Waals surface area contributed by atoms with E-state index in [0.29, 0.717) is 17.3 Å². The number of nitrogens with two attached hydrogens (primary N) is 1. The van der Waals surface area contributed by atoms with Crippen LogP contribution < -0.4 is 5.73 Å². The van der Waals surface area contributed by atoms with E-state index < -0.39 is 5.82 Å². The van der Waals surface area contributed by atoms with Crippen molar-refractivity contribution in [2.45, 2.75) is 13.0 Å². The molecule has 0 saturated carbocycles. The number of amidine groups is 1. The van der Waals surface area contributed by atoms with Crippen LogP contribution in [0.1, 0.15) is 11.1 Å². The minimum atomic E-state index is -0.422. The van der Waals surface area contributed by atoms with Crippen molar-refractivity contribution < 1.29 is 9.23 Å². The van der Waals surface area contributed by atoms with Crippen LogP contribution in [0.4, 0.5) is 4.39 Å². The SMILES string of the molecule is N/C(Cc1ccccc1)=N\OCc1c(F)cccc1Cl. The van der Waals surface area contributed by atoms with Crippen molar-refractivity contribution in [2.24, 2.45) is 10.9 Å². The molecule has 0 heterocycles. The second-order valence-corrected chi connectivity index (χ2v) is 4.63. The summed E-state index contributed by atoms with van der Waals surface area (Å²) in [7, 11) is 0. The zero-order valence-electron chi connectivity index (χ0n) is 10.7. The van der Waals surface area contributed by atoms with Gasteiger partial charge in [-0.05, 0) is 17.7 Å². The van der Waals surface area contributed by atoms with Gasteiger partial charge in [0.25, 0.3) is 0 Å². The van der Waals surface area contributed by atoms with Gasteiger partial charge >= 0.3 is 0 Å². The summed E-state index contributed by atoms with van der Waals surface area (Å²) in [6.45, 7) is -0.0546. The van der Waals surface area contributed by atoms with Crippen LogP contribution in [0.15, 0.2) is 53.7 Å². The summed E-state index contributed by atoms with van der Waals surface area (Å²) in [4.78, 5) is 5.05. The number of hydrogen-bond acceptors (Lipinski definition) is 2. The molecule has 0 amide bonds. The zero-order chi connectivity index (χ0) is 14.4. The monoisotopic (exact) mass is 292 g/mol. The largest absolute Gasteiger partial charge is 0.389 e. The van der Waals surface area contributed by atoms with E-state index in [4.69, 9.17) is 22.2 Å². The Morgan fingerprint density at radius 1 is 1.15 bits per heavy atom. The number of halogens is 2. The highest BCUT2D eigenvalue weighted by Gasteiger charge is 2.07. The third-order valence-electron chi connectivity index (χ3n) is 2.68. The van der Waals surface area contributed by atoms with Crippen molar-refractivity contribution in [1.82, 2.24) is 0 Å². The van der Waals surface area contributed by atoms with Crippen LogP contribution in [0.2, 0.25) is 5.02 Å². The van der Waals surface area contributed by atoms with Gasteiger partial charge in [0, 0.05) is 12.0 Å². The lowest BCUT2D eigenvalue weighted by atomic mass is 10.1. The third kappa shape index (κ3) is 3.96. The van der Waals surface area contributed by atoms with E-state index in [-0.39, 0.29) is 12.2 Å². The lowest BCUT2D eigenvalue weighted by Crippen LogP contribution is -2.15. The average Bonchev–Trinajstić information content (AvgIpc) is 2.43. The van der Waals surface area contributed by atoms with Gasteiger partial charge in [0.15, 0.2) is 0 Å². The summed E-state index contributed by atoms with van der Waals surface area (Å²) in [5.74, 6) is -0.0991. The normalized spacial score (nSPS) is 11.4. The maximum atomic E-state index is 13.5. The molecule has 2 rings (SSSR count). The summed E-state index contributed by atoms with van der Waals surface area (Å²) in [6, 6.07) is 14.1. The highest BCUT2D eigenvalue weighted by Crippen LogP contribution is 2.19. The molecule has 3 nitrogen and oxygen atoms in total. The molecule has 0 atom stereocenters. The molecule has 2 N–H and O–H groups in total. The molecule has 20 heavy (non-hydrogen) atoms. The topological polar surface area (TPSA) is 47.6 Å². The van der Waals surface area contributed by atoms with Crippen LogP contribution in [0.25, 0.3) is 0 Å². The Hall–Kier alpha value is -2.07. The molecule has 0 aliphatic carbocycles. The zero-order valence-corrected chi connectivity index (χ0v) is 11.5. The quantitative estimate of drug-likeness (QED) is 0.521. The van der Waals surface area contributed by atoms with Gasteiger partial charge < -0.3 is 10.6 Å². The maximum Gasteiger partial charge on any atom is 0.146 e. The first-order valence-corrected chi connectivity index (χ1v) is 6.45. The molecule has 0 aliphatic heterocycles. The lowest BCUT2D eigenvalue weighted by molar-refractivity contribution is 0.127. The standard InChI is InChI=1S/C15H14ClFN2O/c16-13-7-4-8-14(17)12(13)10-20-19-15(18)9-11-5-2-1-3-6-11/h1-8H,9-10H2,(H2,18,19). The molecule has 0 radical (unpaired) electrons. The second-order valence-electron chi connectivity index (χ2n) is 4.22. The van der Waals surface area contributed by atoms with Gasteiger partial charge in [0.05, 0.1) is 5.02 Å². The first kappa shape index (κ1) is 14.3. The number of nitrogens with zero attached hydrogens (tertiary/aromatic N) is 1. The maximum absolute atomic E-state index is 13.5. The average molecular weight is 293 g/mol. The third-order valence-corrected chi connectivity index (χ3v) is 3.03. The van der Waals surface area contributed by atoms with E-state index in [1.54, 1.807) is 6.07 Å². The molecule has 104 valence electrons. The van der Waals surface area contributed by atoms with E-state index in [1.807, 2.05) is 30.3 Å². The lowest BCUT2D eigenvalue weighted by Gasteiger charge is -2.05. The van der Waals surface area contributed by atoms with Crippen LogP contribution >= 0.6 is 11.6 Å². The van der Waals surface area contributed by atoms with Gasteiger partial charge in [0.1, 0.15) is 18.3 Å². The number of benzene rings is 2. The molecule has 0 unspecified atom stereocenters. The first-order valence-electron chi connectivity index (χ1n) is 6.08.